The molecule has 39 heavy (non-hydrogen) atoms. The maximum Gasteiger partial charge on any atom is 0.417 e. The molecule has 0 fully saturated rings. The minimum Gasteiger partial charge on any atom is -0.465 e. The molecule has 0 saturated carbocycles. The topological polar surface area (TPSA) is 88.1 Å². The van der Waals surface area contributed by atoms with Crippen LogP contribution in [-0.2, 0) is 26.8 Å². The molecule has 4 aromatic rings. The average Bonchev–Trinajstić information content (AvgIpc) is 3.34. The Labute approximate surface area is 221 Å². The highest BCUT2D eigenvalue weighted by Gasteiger charge is 2.48. The van der Waals surface area contributed by atoms with Gasteiger partial charge in [0.15, 0.2) is 11.5 Å². The molecule has 5 rings (SSSR count). The Morgan fingerprint density at radius 1 is 0.821 bits per heavy atom. The standard InChI is InChI=1S/C28H19F3O7S/c1-35-26(32)18-16-22-25(23(17-18)38-39(33,34)24-15-9-8-14-21(24)28(29,30)31)37-27(36-22,19-10-4-2-5-11-19)20-12-6-3-7-13-20/h2-17H,1H3. The molecule has 0 saturated heterocycles. The summed E-state index contributed by atoms with van der Waals surface area (Å²) in [5.74, 6) is -3.37. The van der Waals surface area contributed by atoms with Crippen LogP contribution in [0.15, 0.2) is 102 Å². The number of benzene rings is 4. The predicted octanol–water partition coefficient (Wildman–Crippen LogP) is 5.93. The number of esters is 1. The zero-order chi connectivity index (χ0) is 27.8. The van der Waals surface area contributed by atoms with Gasteiger partial charge in [-0.2, -0.15) is 21.6 Å². The van der Waals surface area contributed by atoms with Crippen molar-refractivity contribution in [2.75, 3.05) is 7.11 Å². The zero-order valence-corrected chi connectivity index (χ0v) is 21.0. The number of carbonyl (C=O) groups is 1. The fourth-order valence-electron chi connectivity index (χ4n) is 4.17. The van der Waals surface area contributed by atoms with Crippen LogP contribution < -0.4 is 13.7 Å². The van der Waals surface area contributed by atoms with Gasteiger partial charge >= 0.3 is 28.1 Å². The third-order valence-corrected chi connectivity index (χ3v) is 7.20. The second-order valence-electron chi connectivity index (χ2n) is 8.38. The number of carbonyl (C=O) groups excluding carboxylic acids is 1. The molecule has 0 unspecified atom stereocenters. The van der Waals surface area contributed by atoms with Gasteiger partial charge in [-0.15, -0.1) is 0 Å². The normalized spacial score (nSPS) is 14.1. The Hall–Kier alpha value is -4.51. The highest BCUT2D eigenvalue weighted by Crippen LogP contribution is 2.53. The second-order valence-corrected chi connectivity index (χ2v) is 9.89. The lowest BCUT2D eigenvalue weighted by Crippen LogP contribution is -2.36. The largest absolute Gasteiger partial charge is 0.465 e. The summed E-state index contributed by atoms with van der Waals surface area (Å²) in [5, 5.41) is 0. The maximum absolute atomic E-state index is 13.6. The first-order valence-electron chi connectivity index (χ1n) is 11.4. The highest BCUT2D eigenvalue weighted by molar-refractivity contribution is 7.87. The van der Waals surface area contributed by atoms with Crippen LogP contribution in [0, 0.1) is 0 Å². The van der Waals surface area contributed by atoms with Crippen LogP contribution in [0.25, 0.3) is 0 Å². The Kier molecular flexibility index (Phi) is 6.47. The highest BCUT2D eigenvalue weighted by atomic mass is 32.2. The number of methoxy groups -OCH3 is 1. The van der Waals surface area contributed by atoms with Gasteiger partial charge in [0.2, 0.25) is 5.75 Å². The van der Waals surface area contributed by atoms with E-state index in [1.165, 1.54) is 6.07 Å². The van der Waals surface area contributed by atoms with Crippen molar-refractivity contribution in [3.63, 3.8) is 0 Å². The summed E-state index contributed by atoms with van der Waals surface area (Å²) in [7, 11) is -3.96. The van der Waals surface area contributed by atoms with E-state index in [4.69, 9.17) is 18.4 Å². The summed E-state index contributed by atoms with van der Waals surface area (Å²) in [4.78, 5) is 11.3. The van der Waals surface area contributed by atoms with E-state index in [-0.39, 0.29) is 17.1 Å². The van der Waals surface area contributed by atoms with Gasteiger partial charge in [0.1, 0.15) is 4.90 Å². The van der Waals surface area contributed by atoms with Gasteiger partial charge in [-0.05, 0) is 18.2 Å². The van der Waals surface area contributed by atoms with E-state index in [1.54, 1.807) is 60.7 Å². The molecule has 11 heteroatoms. The molecule has 0 bridgehead atoms. The van der Waals surface area contributed by atoms with E-state index >= 15 is 0 Å². The van der Waals surface area contributed by atoms with Crippen LogP contribution in [0.1, 0.15) is 27.0 Å². The Bertz CT molecular complexity index is 1600. The van der Waals surface area contributed by atoms with E-state index in [9.17, 15) is 26.4 Å². The summed E-state index contributed by atoms with van der Waals surface area (Å²) in [5.41, 5.74) is -0.552. The molecule has 1 aliphatic heterocycles. The number of fused-ring (bicyclic) bond motifs is 1. The molecule has 200 valence electrons. The number of alkyl halides is 3. The molecule has 0 atom stereocenters. The molecule has 0 amide bonds. The molecule has 4 aromatic carbocycles. The van der Waals surface area contributed by atoms with Crippen molar-refractivity contribution < 1.29 is 44.8 Å². The van der Waals surface area contributed by atoms with Crippen molar-refractivity contribution in [1.82, 2.24) is 0 Å². The Balaban J connectivity index is 1.67. The number of rotatable bonds is 6. The van der Waals surface area contributed by atoms with Crippen molar-refractivity contribution in [3.05, 3.63) is 119 Å². The number of hydrogen-bond acceptors (Lipinski definition) is 7. The van der Waals surface area contributed by atoms with Gasteiger partial charge in [0.05, 0.1) is 18.2 Å². The quantitative estimate of drug-likeness (QED) is 0.215. The van der Waals surface area contributed by atoms with Crippen LogP contribution in [0.2, 0.25) is 0 Å². The van der Waals surface area contributed by atoms with E-state index in [1.807, 2.05) is 0 Å². The smallest absolute Gasteiger partial charge is 0.417 e. The number of ether oxygens (including phenoxy) is 3. The summed E-state index contributed by atoms with van der Waals surface area (Å²) >= 11 is 0. The molecule has 0 radical (unpaired) electrons. The van der Waals surface area contributed by atoms with Crippen molar-refractivity contribution in [2.45, 2.75) is 16.9 Å². The first-order valence-corrected chi connectivity index (χ1v) is 12.8. The summed E-state index contributed by atoms with van der Waals surface area (Å²) in [6.45, 7) is 0. The van der Waals surface area contributed by atoms with Crippen LogP contribution in [0.4, 0.5) is 13.2 Å². The summed E-state index contributed by atoms with van der Waals surface area (Å²) in [6, 6.07) is 23.3. The van der Waals surface area contributed by atoms with Crippen molar-refractivity contribution in [3.8, 4) is 17.2 Å². The predicted molar refractivity (Wildman–Crippen MR) is 132 cm³/mol. The van der Waals surface area contributed by atoms with E-state index < -0.39 is 44.3 Å². The fraction of sp³-hybridized carbons (Fsp3) is 0.107. The molecule has 1 heterocycles. The van der Waals surface area contributed by atoms with E-state index in [0.29, 0.717) is 17.2 Å². The van der Waals surface area contributed by atoms with Gasteiger partial charge in [-0.25, -0.2) is 4.79 Å². The van der Waals surface area contributed by atoms with Gasteiger partial charge in [0.25, 0.3) is 0 Å². The molecule has 1 aliphatic rings. The Morgan fingerprint density at radius 2 is 1.38 bits per heavy atom. The molecule has 0 aromatic heterocycles. The van der Waals surface area contributed by atoms with Crippen LogP contribution >= 0.6 is 0 Å². The van der Waals surface area contributed by atoms with Gasteiger partial charge in [-0.1, -0.05) is 72.8 Å². The molecule has 0 aliphatic carbocycles. The summed E-state index contributed by atoms with van der Waals surface area (Å²) < 4.78 is 89.7. The first-order chi connectivity index (χ1) is 18.5. The van der Waals surface area contributed by atoms with Gasteiger partial charge in [0, 0.05) is 17.2 Å². The van der Waals surface area contributed by atoms with Gasteiger partial charge < -0.3 is 18.4 Å². The number of halogens is 3. The molecular weight excluding hydrogens is 537 g/mol. The third kappa shape index (κ3) is 4.76. The van der Waals surface area contributed by atoms with Crippen molar-refractivity contribution >= 4 is 16.1 Å². The maximum atomic E-state index is 13.6. The minimum atomic E-state index is -5.07. The zero-order valence-electron chi connectivity index (χ0n) is 20.1. The van der Waals surface area contributed by atoms with Crippen LogP contribution in [0.5, 0.6) is 17.2 Å². The molecular formula is C28H19F3O7S. The first kappa shape index (κ1) is 26.1. The SMILES string of the molecule is COC(=O)c1cc2c(c(OS(=O)(=O)c3ccccc3C(F)(F)F)c1)OC(c1ccccc1)(c1ccccc1)O2. The van der Waals surface area contributed by atoms with Crippen molar-refractivity contribution in [2.24, 2.45) is 0 Å². The lowest BCUT2D eigenvalue weighted by atomic mass is 9.97. The van der Waals surface area contributed by atoms with Crippen LogP contribution in [-0.4, -0.2) is 21.5 Å². The van der Waals surface area contributed by atoms with Crippen molar-refractivity contribution in [1.29, 1.82) is 0 Å². The fourth-order valence-corrected chi connectivity index (χ4v) is 5.32. The Morgan fingerprint density at radius 3 is 1.95 bits per heavy atom. The summed E-state index contributed by atoms with van der Waals surface area (Å²) in [6.07, 6.45) is -4.97. The lowest BCUT2D eigenvalue weighted by Gasteiger charge is -2.28. The molecule has 0 spiro atoms. The van der Waals surface area contributed by atoms with Gasteiger partial charge in [-0.3, -0.25) is 0 Å². The lowest BCUT2D eigenvalue weighted by molar-refractivity contribution is -0.139. The monoisotopic (exact) mass is 556 g/mol. The second kappa shape index (κ2) is 9.66. The van der Waals surface area contributed by atoms with Crippen LogP contribution in [0.3, 0.4) is 0 Å². The van der Waals surface area contributed by atoms with E-state index in [2.05, 4.69) is 0 Å². The minimum absolute atomic E-state index is 0.0834. The molecule has 7 nitrogen and oxygen atoms in total. The average molecular weight is 557 g/mol. The number of hydrogen-bond donors (Lipinski definition) is 0. The third-order valence-electron chi connectivity index (χ3n) is 5.91. The molecule has 0 N–H and O–H groups in total. The van der Waals surface area contributed by atoms with E-state index in [0.717, 1.165) is 31.4 Å².